The van der Waals surface area contributed by atoms with E-state index in [9.17, 15) is 4.79 Å². The number of esters is 1. The summed E-state index contributed by atoms with van der Waals surface area (Å²) < 4.78 is 5.49. The summed E-state index contributed by atoms with van der Waals surface area (Å²) in [6, 6.07) is 0.513. The van der Waals surface area contributed by atoms with Gasteiger partial charge >= 0.3 is 5.97 Å². The molecular formula is C14H26N2O2. The van der Waals surface area contributed by atoms with Gasteiger partial charge in [0.1, 0.15) is 5.60 Å². The van der Waals surface area contributed by atoms with E-state index in [-0.39, 0.29) is 17.5 Å². The summed E-state index contributed by atoms with van der Waals surface area (Å²) in [6.07, 6.45) is 3.54. The Kier molecular flexibility index (Phi) is 4.28. The van der Waals surface area contributed by atoms with Crippen molar-refractivity contribution >= 4 is 5.97 Å². The Morgan fingerprint density at radius 2 is 1.89 bits per heavy atom. The van der Waals surface area contributed by atoms with Crippen LogP contribution in [-0.4, -0.2) is 48.7 Å². The molecule has 2 heterocycles. The predicted octanol–water partition coefficient (Wildman–Crippen LogP) is 1.40. The van der Waals surface area contributed by atoms with Crippen LogP contribution in [0.25, 0.3) is 0 Å². The largest absolute Gasteiger partial charge is 0.460 e. The third kappa shape index (κ3) is 3.69. The van der Waals surface area contributed by atoms with Gasteiger partial charge in [0, 0.05) is 19.1 Å². The summed E-state index contributed by atoms with van der Waals surface area (Å²) in [5.41, 5.74) is -0.377. The Labute approximate surface area is 110 Å². The summed E-state index contributed by atoms with van der Waals surface area (Å²) in [5, 5.41) is 3.39. The highest BCUT2D eigenvalue weighted by molar-refractivity contribution is 5.73. The molecule has 0 aromatic carbocycles. The summed E-state index contributed by atoms with van der Waals surface area (Å²) in [4.78, 5) is 14.6. The van der Waals surface area contributed by atoms with Gasteiger partial charge in [0.15, 0.2) is 0 Å². The molecule has 2 aliphatic rings. The van der Waals surface area contributed by atoms with Crippen LogP contribution in [0.2, 0.25) is 0 Å². The Hall–Kier alpha value is -0.610. The molecule has 0 bridgehead atoms. The number of nitrogens with zero attached hydrogens (tertiary/aromatic N) is 1. The van der Waals surface area contributed by atoms with Gasteiger partial charge in [0.05, 0.1) is 5.92 Å². The van der Waals surface area contributed by atoms with Crippen LogP contribution >= 0.6 is 0 Å². The summed E-state index contributed by atoms with van der Waals surface area (Å²) in [7, 11) is 0. The maximum absolute atomic E-state index is 12.1. The molecule has 104 valence electrons. The number of carbonyl (C=O) groups is 1. The van der Waals surface area contributed by atoms with Gasteiger partial charge in [0.25, 0.3) is 0 Å². The minimum absolute atomic E-state index is 0.0172. The Bertz CT molecular complexity index is 293. The normalized spacial score (nSPS) is 30.4. The topological polar surface area (TPSA) is 41.6 Å². The van der Waals surface area contributed by atoms with Crippen LogP contribution in [0, 0.1) is 5.92 Å². The lowest BCUT2D eigenvalue weighted by Crippen LogP contribution is -2.50. The minimum atomic E-state index is -0.377. The number of piperidine rings is 1. The highest BCUT2D eigenvalue weighted by atomic mass is 16.6. The molecule has 0 radical (unpaired) electrons. The van der Waals surface area contributed by atoms with Crippen LogP contribution in [0.3, 0.4) is 0 Å². The molecule has 2 atom stereocenters. The fourth-order valence-electron chi connectivity index (χ4n) is 2.87. The molecule has 0 spiro atoms. The number of ether oxygens (including phenoxy) is 1. The highest BCUT2D eigenvalue weighted by Crippen LogP contribution is 2.22. The quantitative estimate of drug-likeness (QED) is 0.756. The van der Waals surface area contributed by atoms with Crippen LogP contribution < -0.4 is 5.32 Å². The van der Waals surface area contributed by atoms with E-state index in [4.69, 9.17) is 4.74 Å². The fraction of sp³-hybridized carbons (Fsp3) is 0.929. The average molecular weight is 254 g/mol. The molecule has 0 unspecified atom stereocenters. The Morgan fingerprint density at radius 3 is 2.50 bits per heavy atom. The monoisotopic (exact) mass is 254 g/mol. The number of nitrogens with one attached hydrogen (secondary N) is 1. The van der Waals surface area contributed by atoms with Crippen molar-refractivity contribution in [2.45, 2.75) is 51.7 Å². The maximum atomic E-state index is 12.1. The van der Waals surface area contributed by atoms with Gasteiger partial charge in [-0.1, -0.05) is 0 Å². The van der Waals surface area contributed by atoms with Crippen molar-refractivity contribution in [1.82, 2.24) is 10.2 Å². The predicted molar refractivity (Wildman–Crippen MR) is 71.4 cm³/mol. The molecule has 1 N–H and O–H groups in total. The minimum Gasteiger partial charge on any atom is -0.460 e. The first-order chi connectivity index (χ1) is 8.46. The molecule has 2 saturated heterocycles. The van der Waals surface area contributed by atoms with Crippen LogP contribution in [0.4, 0.5) is 0 Å². The molecule has 2 aliphatic heterocycles. The lowest BCUT2D eigenvalue weighted by molar-refractivity contribution is -0.161. The second-order valence-electron chi connectivity index (χ2n) is 6.52. The van der Waals surface area contributed by atoms with E-state index >= 15 is 0 Å². The zero-order chi connectivity index (χ0) is 13.2. The molecule has 0 amide bonds. The van der Waals surface area contributed by atoms with Crippen LogP contribution in [0.1, 0.15) is 40.0 Å². The van der Waals surface area contributed by atoms with Crippen molar-refractivity contribution in [2.24, 2.45) is 5.92 Å². The first-order valence-electron chi connectivity index (χ1n) is 7.13. The number of hydrogen-bond acceptors (Lipinski definition) is 4. The van der Waals surface area contributed by atoms with Gasteiger partial charge in [-0.3, -0.25) is 9.69 Å². The Morgan fingerprint density at radius 1 is 1.22 bits per heavy atom. The summed E-state index contributed by atoms with van der Waals surface area (Å²) >= 11 is 0. The third-order valence-electron chi connectivity index (χ3n) is 3.72. The van der Waals surface area contributed by atoms with Gasteiger partial charge in [0.2, 0.25) is 0 Å². The maximum Gasteiger partial charge on any atom is 0.310 e. The van der Waals surface area contributed by atoms with E-state index < -0.39 is 0 Å². The number of likely N-dealkylation sites (tertiary alicyclic amines) is 1. The third-order valence-corrected chi connectivity index (χ3v) is 3.72. The molecular weight excluding hydrogens is 228 g/mol. The number of hydrogen-bond donors (Lipinski definition) is 1. The molecule has 0 saturated carbocycles. The molecule has 0 aromatic heterocycles. The fourth-order valence-corrected chi connectivity index (χ4v) is 2.87. The second-order valence-corrected chi connectivity index (χ2v) is 6.52. The van der Waals surface area contributed by atoms with Gasteiger partial charge in [-0.05, 0) is 53.1 Å². The molecule has 2 rings (SSSR count). The first kappa shape index (κ1) is 13.8. The van der Waals surface area contributed by atoms with Crippen molar-refractivity contribution in [3.63, 3.8) is 0 Å². The van der Waals surface area contributed by atoms with Crippen molar-refractivity contribution < 1.29 is 9.53 Å². The standard InChI is InChI=1S/C14H26N2O2/c1-14(2,3)18-13(17)11-8-12(10-15-9-11)16-6-4-5-7-16/h11-12,15H,4-10H2,1-3H3/t11-,12+/m0/s1. The summed E-state index contributed by atoms with van der Waals surface area (Å²) in [6.45, 7) is 9.94. The van der Waals surface area contributed by atoms with Gasteiger partial charge in [-0.2, -0.15) is 0 Å². The lowest BCUT2D eigenvalue weighted by Gasteiger charge is -2.35. The number of carbonyl (C=O) groups excluding carboxylic acids is 1. The highest BCUT2D eigenvalue weighted by Gasteiger charge is 2.33. The van der Waals surface area contributed by atoms with E-state index in [2.05, 4.69) is 10.2 Å². The van der Waals surface area contributed by atoms with Crippen molar-refractivity contribution in [2.75, 3.05) is 26.2 Å². The zero-order valence-electron chi connectivity index (χ0n) is 11.9. The number of rotatable bonds is 2. The Balaban J connectivity index is 1.87. The van der Waals surface area contributed by atoms with Crippen molar-refractivity contribution in [1.29, 1.82) is 0 Å². The average Bonchev–Trinajstić information content (AvgIpc) is 2.80. The van der Waals surface area contributed by atoms with Gasteiger partial charge in [-0.25, -0.2) is 0 Å². The van der Waals surface area contributed by atoms with E-state index in [0.717, 1.165) is 19.5 Å². The second kappa shape index (κ2) is 5.57. The van der Waals surface area contributed by atoms with E-state index in [1.165, 1.54) is 25.9 Å². The molecule has 0 aliphatic carbocycles. The zero-order valence-corrected chi connectivity index (χ0v) is 11.9. The van der Waals surface area contributed by atoms with Crippen LogP contribution in [0.15, 0.2) is 0 Å². The lowest BCUT2D eigenvalue weighted by atomic mass is 9.94. The van der Waals surface area contributed by atoms with E-state index in [1.807, 2.05) is 20.8 Å². The van der Waals surface area contributed by atoms with E-state index in [0.29, 0.717) is 6.04 Å². The van der Waals surface area contributed by atoms with Crippen LogP contribution in [-0.2, 0) is 9.53 Å². The van der Waals surface area contributed by atoms with Crippen LogP contribution in [0.5, 0.6) is 0 Å². The summed E-state index contributed by atoms with van der Waals surface area (Å²) in [5.74, 6) is -0.0255. The molecule has 4 heteroatoms. The van der Waals surface area contributed by atoms with Gasteiger partial charge < -0.3 is 10.1 Å². The SMILES string of the molecule is CC(C)(C)OC(=O)[C@@H]1CNC[C@H](N2CCCC2)C1. The molecule has 18 heavy (non-hydrogen) atoms. The molecule has 2 fully saturated rings. The molecule has 0 aromatic rings. The smallest absolute Gasteiger partial charge is 0.310 e. The first-order valence-corrected chi connectivity index (χ1v) is 7.13. The van der Waals surface area contributed by atoms with Gasteiger partial charge in [-0.15, -0.1) is 0 Å². The van der Waals surface area contributed by atoms with Crippen molar-refractivity contribution in [3.05, 3.63) is 0 Å². The molecule has 4 nitrogen and oxygen atoms in total. The van der Waals surface area contributed by atoms with Crippen molar-refractivity contribution in [3.8, 4) is 0 Å². The van der Waals surface area contributed by atoms with E-state index in [1.54, 1.807) is 0 Å².